The molecule has 1 aliphatic heterocycles. The van der Waals surface area contributed by atoms with Crippen LogP contribution in [0.5, 0.6) is 0 Å². The summed E-state index contributed by atoms with van der Waals surface area (Å²) in [7, 11) is 0. The van der Waals surface area contributed by atoms with Crippen LogP contribution in [0.1, 0.15) is 34.2 Å². The molecule has 2 N–H and O–H groups in total. The van der Waals surface area contributed by atoms with Crippen molar-refractivity contribution < 1.29 is 0 Å². The van der Waals surface area contributed by atoms with Gasteiger partial charge in [0.1, 0.15) is 0 Å². The zero-order valence-electron chi connectivity index (χ0n) is 13.7. The lowest BCUT2D eigenvalue weighted by Crippen LogP contribution is -2.22. The number of para-hydroxylation sites is 1. The topological polar surface area (TPSA) is 29.3 Å². The van der Waals surface area contributed by atoms with Gasteiger partial charge in [-0.2, -0.15) is 0 Å². The molecule has 3 rings (SSSR count). The van der Waals surface area contributed by atoms with Crippen LogP contribution in [0.15, 0.2) is 30.3 Å². The summed E-state index contributed by atoms with van der Waals surface area (Å²) in [5, 5.41) is 0. The summed E-state index contributed by atoms with van der Waals surface area (Å²) in [6, 6.07) is 10.9. The molecule has 0 atom stereocenters. The molecule has 0 fully saturated rings. The first-order chi connectivity index (χ1) is 10.6. The van der Waals surface area contributed by atoms with Gasteiger partial charge in [0.15, 0.2) is 0 Å². The maximum absolute atomic E-state index is 5.77. The van der Waals surface area contributed by atoms with Crippen LogP contribution >= 0.6 is 0 Å². The molecule has 0 aromatic heterocycles. The zero-order chi connectivity index (χ0) is 15.7. The molecule has 2 heteroatoms. The SMILES string of the molecule is Cc1cc2c(c(C)c1C)C=Cc1ccccc1N2CCCN. The summed E-state index contributed by atoms with van der Waals surface area (Å²) in [6.07, 6.45) is 5.48. The molecule has 1 heterocycles. The highest BCUT2D eigenvalue weighted by atomic mass is 15.1. The third kappa shape index (κ3) is 2.44. The van der Waals surface area contributed by atoms with Gasteiger partial charge in [-0.3, -0.25) is 0 Å². The second-order valence-electron chi connectivity index (χ2n) is 6.06. The highest BCUT2D eigenvalue weighted by Gasteiger charge is 2.20. The number of rotatable bonds is 3. The molecule has 0 unspecified atom stereocenters. The van der Waals surface area contributed by atoms with Crippen LogP contribution in [0.25, 0.3) is 12.2 Å². The molecule has 0 bridgehead atoms. The Hall–Kier alpha value is -2.06. The summed E-state index contributed by atoms with van der Waals surface area (Å²) in [5.74, 6) is 0. The Kier molecular flexibility index (Phi) is 4.04. The Bertz CT molecular complexity index is 729. The van der Waals surface area contributed by atoms with E-state index in [1.807, 2.05) is 0 Å². The average molecular weight is 292 g/mol. The van der Waals surface area contributed by atoms with Crippen molar-refractivity contribution in [2.45, 2.75) is 27.2 Å². The molecule has 1 aliphatic rings. The van der Waals surface area contributed by atoms with Gasteiger partial charge in [0.2, 0.25) is 0 Å². The summed E-state index contributed by atoms with van der Waals surface area (Å²) in [4.78, 5) is 2.43. The fourth-order valence-corrected chi connectivity index (χ4v) is 3.18. The highest BCUT2D eigenvalue weighted by molar-refractivity contribution is 5.90. The Morgan fingerprint density at radius 3 is 2.50 bits per heavy atom. The van der Waals surface area contributed by atoms with Crippen molar-refractivity contribution >= 4 is 23.5 Å². The van der Waals surface area contributed by atoms with Crippen LogP contribution in [0.4, 0.5) is 11.4 Å². The van der Waals surface area contributed by atoms with Crippen molar-refractivity contribution in [3.05, 3.63) is 58.1 Å². The zero-order valence-corrected chi connectivity index (χ0v) is 13.7. The van der Waals surface area contributed by atoms with Crippen LogP contribution in [-0.2, 0) is 0 Å². The maximum Gasteiger partial charge on any atom is 0.0490 e. The predicted octanol–water partition coefficient (Wildman–Crippen LogP) is 4.58. The molecule has 0 radical (unpaired) electrons. The highest BCUT2D eigenvalue weighted by Crippen LogP contribution is 2.39. The maximum atomic E-state index is 5.77. The Morgan fingerprint density at radius 1 is 0.955 bits per heavy atom. The molecular formula is C20H24N2. The molecule has 2 nitrogen and oxygen atoms in total. The number of hydrogen-bond donors (Lipinski definition) is 1. The number of aryl methyl sites for hydroxylation is 1. The minimum atomic E-state index is 0.714. The number of anilines is 2. The van der Waals surface area contributed by atoms with Gasteiger partial charge in [-0.1, -0.05) is 30.4 Å². The van der Waals surface area contributed by atoms with Gasteiger partial charge < -0.3 is 10.6 Å². The summed E-state index contributed by atoms with van der Waals surface area (Å²) in [5.41, 5.74) is 15.0. The second-order valence-corrected chi connectivity index (χ2v) is 6.06. The number of nitrogens with two attached hydrogens (primary N) is 1. The van der Waals surface area contributed by atoms with Crippen LogP contribution in [0.2, 0.25) is 0 Å². The van der Waals surface area contributed by atoms with Gasteiger partial charge in [-0.25, -0.2) is 0 Å². The number of hydrogen-bond acceptors (Lipinski definition) is 2. The van der Waals surface area contributed by atoms with E-state index in [-0.39, 0.29) is 0 Å². The standard InChI is InChI=1S/C20H24N2/c1-14-13-20-18(16(3)15(14)2)10-9-17-7-4-5-8-19(17)22(20)12-6-11-21/h4-5,7-10,13H,6,11-12,21H2,1-3H3. The molecule has 0 spiro atoms. The Morgan fingerprint density at radius 2 is 1.73 bits per heavy atom. The lowest BCUT2D eigenvalue weighted by molar-refractivity contribution is 0.817. The van der Waals surface area contributed by atoms with Gasteiger partial charge in [-0.15, -0.1) is 0 Å². The van der Waals surface area contributed by atoms with Gasteiger partial charge in [0, 0.05) is 23.5 Å². The van der Waals surface area contributed by atoms with Crippen molar-refractivity contribution in [2.24, 2.45) is 5.73 Å². The van der Waals surface area contributed by atoms with Gasteiger partial charge in [-0.05, 0) is 68.1 Å². The van der Waals surface area contributed by atoms with E-state index in [4.69, 9.17) is 5.73 Å². The molecular weight excluding hydrogens is 268 g/mol. The van der Waals surface area contributed by atoms with Gasteiger partial charge in [0.25, 0.3) is 0 Å². The van der Waals surface area contributed by atoms with Gasteiger partial charge >= 0.3 is 0 Å². The largest absolute Gasteiger partial charge is 0.340 e. The summed E-state index contributed by atoms with van der Waals surface area (Å²) >= 11 is 0. The first-order valence-corrected chi connectivity index (χ1v) is 7.99. The van der Waals surface area contributed by atoms with E-state index in [0.29, 0.717) is 6.54 Å². The number of nitrogens with zero attached hydrogens (tertiary/aromatic N) is 1. The normalized spacial score (nSPS) is 12.8. The van der Waals surface area contributed by atoms with Crippen molar-refractivity contribution in [3.63, 3.8) is 0 Å². The molecule has 0 amide bonds. The van der Waals surface area contributed by atoms with Crippen LogP contribution in [-0.4, -0.2) is 13.1 Å². The van der Waals surface area contributed by atoms with Crippen LogP contribution in [0.3, 0.4) is 0 Å². The molecule has 0 aliphatic carbocycles. The first kappa shape index (κ1) is 14.9. The molecule has 2 aromatic rings. The van der Waals surface area contributed by atoms with E-state index in [1.165, 1.54) is 39.2 Å². The third-order valence-corrected chi connectivity index (χ3v) is 4.72. The molecule has 0 saturated carbocycles. The van der Waals surface area contributed by atoms with E-state index in [2.05, 4.69) is 68.2 Å². The quantitative estimate of drug-likeness (QED) is 0.897. The van der Waals surface area contributed by atoms with Crippen molar-refractivity contribution in [1.82, 2.24) is 0 Å². The van der Waals surface area contributed by atoms with E-state index in [9.17, 15) is 0 Å². The molecule has 22 heavy (non-hydrogen) atoms. The number of fused-ring (bicyclic) bond motifs is 2. The monoisotopic (exact) mass is 292 g/mol. The Labute approximate surface area is 133 Å². The number of benzene rings is 2. The minimum absolute atomic E-state index is 0.714. The lowest BCUT2D eigenvalue weighted by Gasteiger charge is -2.28. The van der Waals surface area contributed by atoms with Gasteiger partial charge in [0.05, 0.1) is 0 Å². The second kappa shape index (κ2) is 5.98. The molecule has 2 aromatic carbocycles. The first-order valence-electron chi connectivity index (χ1n) is 7.99. The smallest absolute Gasteiger partial charge is 0.0490 e. The fraction of sp³-hybridized carbons (Fsp3) is 0.300. The van der Waals surface area contributed by atoms with Crippen molar-refractivity contribution in [2.75, 3.05) is 18.0 Å². The molecule has 0 saturated heterocycles. The van der Waals surface area contributed by atoms with Crippen molar-refractivity contribution in [1.29, 1.82) is 0 Å². The minimum Gasteiger partial charge on any atom is -0.340 e. The van der Waals surface area contributed by atoms with Crippen molar-refractivity contribution in [3.8, 4) is 0 Å². The van der Waals surface area contributed by atoms with E-state index >= 15 is 0 Å². The van der Waals surface area contributed by atoms with E-state index in [1.54, 1.807) is 0 Å². The fourth-order valence-electron chi connectivity index (χ4n) is 3.18. The van der Waals surface area contributed by atoms with Crippen LogP contribution < -0.4 is 10.6 Å². The Balaban J connectivity index is 2.23. The summed E-state index contributed by atoms with van der Waals surface area (Å²) < 4.78 is 0. The van der Waals surface area contributed by atoms with E-state index < -0.39 is 0 Å². The summed E-state index contributed by atoms with van der Waals surface area (Å²) in [6.45, 7) is 8.29. The predicted molar refractivity (Wildman–Crippen MR) is 96.7 cm³/mol. The van der Waals surface area contributed by atoms with E-state index in [0.717, 1.165) is 13.0 Å². The van der Waals surface area contributed by atoms with Crippen LogP contribution in [0, 0.1) is 20.8 Å². The average Bonchev–Trinajstić information content (AvgIpc) is 2.68. The third-order valence-electron chi connectivity index (χ3n) is 4.72. The lowest BCUT2D eigenvalue weighted by atomic mass is 9.96. The molecule has 114 valence electrons.